The van der Waals surface area contributed by atoms with Crippen molar-refractivity contribution in [3.63, 3.8) is 0 Å². The van der Waals surface area contributed by atoms with Gasteiger partial charge < -0.3 is 15.1 Å². The minimum atomic E-state index is -0.229. The third-order valence-electron chi connectivity index (χ3n) is 4.53. The van der Waals surface area contributed by atoms with E-state index in [1.54, 1.807) is 15.9 Å². The van der Waals surface area contributed by atoms with Gasteiger partial charge in [-0.15, -0.1) is 0 Å². The average Bonchev–Trinajstić information content (AvgIpc) is 2.74. The molecule has 2 heterocycles. The SMILES string of the molecule is O=CN1CCN(C(=O)c2cc(C(=O)NCCc3ccccc3)ccn2)CC1. The summed E-state index contributed by atoms with van der Waals surface area (Å²) < 4.78 is 0. The minimum Gasteiger partial charge on any atom is -0.352 e. The Labute approximate surface area is 158 Å². The third kappa shape index (κ3) is 4.91. The van der Waals surface area contributed by atoms with Crippen molar-refractivity contribution in [2.24, 2.45) is 0 Å². The van der Waals surface area contributed by atoms with Crippen LogP contribution in [0.15, 0.2) is 48.7 Å². The maximum atomic E-state index is 12.6. The molecule has 1 aliphatic heterocycles. The fraction of sp³-hybridized carbons (Fsp3) is 0.300. The van der Waals surface area contributed by atoms with Crippen LogP contribution in [0.25, 0.3) is 0 Å². The van der Waals surface area contributed by atoms with Gasteiger partial charge in [-0.3, -0.25) is 19.4 Å². The lowest BCUT2D eigenvalue weighted by Crippen LogP contribution is -2.48. The zero-order valence-corrected chi connectivity index (χ0v) is 15.0. The molecule has 1 fully saturated rings. The van der Waals surface area contributed by atoms with E-state index in [9.17, 15) is 14.4 Å². The highest BCUT2D eigenvalue weighted by Gasteiger charge is 2.22. The fourth-order valence-corrected chi connectivity index (χ4v) is 2.95. The molecule has 1 N–H and O–H groups in total. The summed E-state index contributed by atoms with van der Waals surface area (Å²) in [6, 6.07) is 13.0. The number of hydrogen-bond acceptors (Lipinski definition) is 4. The highest BCUT2D eigenvalue weighted by molar-refractivity contribution is 5.98. The van der Waals surface area contributed by atoms with Crippen LogP contribution in [0.5, 0.6) is 0 Å². The maximum absolute atomic E-state index is 12.6. The van der Waals surface area contributed by atoms with Crippen LogP contribution < -0.4 is 5.32 Å². The van der Waals surface area contributed by atoms with E-state index < -0.39 is 0 Å². The number of rotatable bonds is 6. The second-order valence-electron chi connectivity index (χ2n) is 6.35. The van der Waals surface area contributed by atoms with Crippen molar-refractivity contribution < 1.29 is 14.4 Å². The molecule has 0 bridgehead atoms. The van der Waals surface area contributed by atoms with Crippen LogP contribution in [0.1, 0.15) is 26.4 Å². The number of aromatic nitrogens is 1. The number of hydrogen-bond donors (Lipinski definition) is 1. The highest BCUT2D eigenvalue weighted by atomic mass is 16.2. The van der Waals surface area contributed by atoms with Crippen molar-refractivity contribution in [1.29, 1.82) is 0 Å². The summed E-state index contributed by atoms with van der Waals surface area (Å²) in [4.78, 5) is 43.1. The monoisotopic (exact) mass is 366 g/mol. The predicted octanol–water partition coefficient (Wildman–Crippen LogP) is 0.968. The molecule has 0 aliphatic carbocycles. The normalized spacial score (nSPS) is 13.9. The molecule has 7 heteroatoms. The molecule has 7 nitrogen and oxygen atoms in total. The summed E-state index contributed by atoms with van der Waals surface area (Å²) in [6.45, 7) is 2.46. The number of pyridine rings is 1. The lowest BCUT2D eigenvalue weighted by Gasteiger charge is -2.32. The van der Waals surface area contributed by atoms with E-state index in [1.165, 1.54) is 12.3 Å². The summed E-state index contributed by atoms with van der Waals surface area (Å²) in [7, 11) is 0. The fourth-order valence-electron chi connectivity index (χ4n) is 2.95. The van der Waals surface area contributed by atoms with Crippen molar-refractivity contribution in [1.82, 2.24) is 20.1 Å². The highest BCUT2D eigenvalue weighted by Crippen LogP contribution is 2.09. The molecule has 1 aromatic carbocycles. The molecule has 3 amide bonds. The summed E-state index contributed by atoms with van der Waals surface area (Å²) >= 11 is 0. The van der Waals surface area contributed by atoms with Gasteiger partial charge in [-0.1, -0.05) is 30.3 Å². The van der Waals surface area contributed by atoms with Crippen LogP contribution in [0.2, 0.25) is 0 Å². The Hall–Kier alpha value is -3.22. The molecule has 0 unspecified atom stereocenters. The lowest BCUT2D eigenvalue weighted by molar-refractivity contribution is -0.119. The van der Waals surface area contributed by atoms with Crippen LogP contribution >= 0.6 is 0 Å². The molecule has 27 heavy (non-hydrogen) atoms. The van der Waals surface area contributed by atoms with E-state index in [2.05, 4.69) is 10.3 Å². The third-order valence-corrected chi connectivity index (χ3v) is 4.53. The molecular weight excluding hydrogens is 344 g/mol. The molecule has 1 saturated heterocycles. The first-order chi connectivity index (χ1) is 13.2. The maximum Gasteiger partial charge on any atom is 0.272 e. The van der Waals surface area contributed by atoms with Gasteiger partial charge in [0.15, 0.2) is 0 Å². The smallest absolute Gasteiger partial charge is 0.272 e. The van der Waals surface area contributed by atoms with E-state index in [0.717, 1.165) is 18.4 Å². The summed E-state index contributed by atoms with van der Waals surface area (Å²) in [5.41, 5.74) is 1.80. The predicted molar refractivity (Wildman–Crippen MR) is 100 cm³/mol. The van der Waals surface area contributed by atoms with E-state index in [4.69, 9.17) is 0 Å². The molecule has 0 spiro atoms. The summed E-state index contributed by atoms with van der Waals surface area (Å²) in [6.07, 6.45) is 3.01. The van der Waals surface area contributed by atoms with Gasteiger partial charge in [-0.25, -0.2) is 0 Å². The number of amides is 3. The van der Waals surface area contributed by atoms with Crippen LogP contribution in [0.4, 0.5) is 0 Å². The van der Waals surface area contributed by atoms with Gasteiger partial charge in [-0.05, 0) is 24.1 Å². The van der Waals surface area contributed by atoms with Crippen LogP contribution in [0.3, 0.4) is 0 Å². The van der Waals surface area contributed by atoms with E-state index >= 15 is 0 Å². The van der Waals surface area contributed by atoms with Gasteiger partial charge in [0, 0.05) is 44.5 Å². The Morgan fingerprint density at radius 1 is 1.07 bits per heavy atom. The number of carbonyl (C=O) groups excluding carboxylic acids is 3. The molecule has 3 rings (SSSR count). The topological polar surface area (TPSA) is 82.6 Å². The van der Waals surface area contributed by atoms with Crippen LogP contribution in [-0.4, -0.2) is 65.7 Å². The van der Waals surface area contributed by atoms with Gasteiger partial charge in [0.25, 0.3) is 11.8 Å². The number of nitrogens with one attached hydrogen (secondary N) is 1. The first-order valence-electron chi connectivity index (χ1n) is 8.94. The Morgan fingerprint density at radius 3 is 2.52 bits per heavy atom. The minimum absolute atomic E-state index is 0.223. The van der Waals surface area contributed by atoms with Gasteiger partial charge in [0.05, 0.1) is 0 Å². The molecular formula is C20H22N4O3. The Balaban J connectivity index is 1.57. The van der Waals surface area contributed by atoms with Crippen molar-refractivity contribution in [3.05, 3.63) is 65.5 Å². The van der Waals surface area contributed by atoms with E-state index in [1.807, 2.05) is 30.3 Å². The number of nitrogens with zero attached hydrogens (tertiary/aromatic N) is 3. The van der Waals surface area contributed by atoms with Gasteiger partial charge in [0.2, 0.25) is 6.41 Å². The van der Waals surface area contributed by atoms with Gasteiger partial charge in [-0.2, -0.15) is 0 Å². The van der Waals surface area contributed by atoms with Crippen LogP contribution in [-0.2, 0) is 11.2 Å². The van der Waals surface area contributed by atoms with Crippen molar-refractivity contribution in [2.75, 3.05) is 32.7 Å². The van der Waals surface area contributed by atoms with Gasteiger partial charge in [0.1, 0.15) is 5.69 Å². The number of benzene rings is 1. The number of piperazine rings is 1. The first kappa shape index (κ1) is 18.6. The molecule has 1 aromatic heterocycles. The molecule has 0 atom stereocenters. The summed E-state index contributed by atoms with van der Waals surface area (Å²) in [5, 5.41) is 2.87. The largest absolute Gasteiger partial charge is 0.352 e. The molecule has 0 radical (unpaired) electrons. The molecule has 140 valence electrons. The van der Waals surface area contributed by atoms with Gasteiger partial charge >= 0.3 is 0 Å². The number of carbonyl (C=O) groups is 3. The molecule has 2 aromatic rings. The quantitative estimate of drug-likeness (QED) is 0.773. The molecule has 1 aliphatic rings. The zero-order chi connectivity index (χ0) is 19.1. The lowest BCUT2D eigenvalue weighted by atomic mass is 10.1. The second kappa shape index (κ2) is 8.93. The zero-order valence-electron chi connectivity index (χ0n) is 15.0. The van der Waals surface area contributed by atoms with Crippen LogP contribution in [0, 0.1) is 0 Å². The van der Waals surface area contributed by atoms with E-state index in [-0.39, 0.29) is 17.5 Å². The van der Waals surface area contributed by atoms with Crippen molar-refractivity contribution in [2.45, 2.75) is 6.42 Å². The second-order valence-corrected chi connectivity index (χ2v) is 6.35. The molecule has 0 saturated carbocycles. The average molecular weight is 366 g/mol. The van der Waals surface area contributed by atoms with Crippen molar-refractivity contribution >= 4 is 18.2 Å². The van der Waals surface area contributed by atoms with E-state index in [0.29, 0.717) is 38.3 Å². The standard InChI is InChI=1S/C20H22N4O3/c25-15-23-10-12-24(13-11-23)20(27)18-14-17(7-9-21-18)19(26)22-8-6-16-4-2-1-3-5-16/h1-5,7,9,14-15H,6,8,10-13H2,(H,22,26). The Bertz CT molecular complexity index is 802. The Kier molecular flexibility index (Phi) is 6.14. The first-order valence-corrected chi connectivity index (χ1v) is 8.94. The summed E-state index contributed by atoms with van der Waals surface area (Å²) in [5.74, 6) is -0.451. The van der Waals surface area contributed by atoms with Crippen molar-refractivity contribution in [3.8, 4) is 0 Å². The Morgan fingerprint density at radius 2 is 1.81 bits per heavy atom.